The number of fused-ring (bicyclic) bond motifs is 1. The summed E-state index contributed by atoms with van der Waals surface area (Å²) >= 11 is 0. The van der Waals surface area contributed by atoms with Crippen molar-refractivity contribution in [3.05, 3.63) is 59.0 Å². The molecular formula is C28H29F5N8O4. The van der Waals surface area contributed by atoms with Gasteiger partial charge in [-0.25, -0.2) is 27.9 Å². The molecule has 1 saturated carbocycles. The number of carbonyl (C=O) groups excluding carboxylic acids is 2. The third kappa shape index (κ3) is 6.24. The van der Waals surface area contributed by atoms with Gasteiger partial charge in [-0.2, -0.15) is 18.3 Å². The Hall–Kier alpha value is -4.44. The molecule has 0 aromatic carbocycles. The quantitative estimate of drug-likeness (QED) is 0.271. The molecule has 5 heterocycles. The summed E-state index contributed by atoms with van der Waals surface area (Å²) in [5.41, 5.74) is -0.227. The molecule has 1 aliphatic heterocycles. The lowest BCUT2D eigenvalue weighted by atomic mass is 9.76. The molecule has 6 rings (SSSR count). The number of nitrogens with zero attached hydrogens (tertiary/aromatic N) is 6. The number of imidazole rings is 1. The Labute approximate surface area is 252 Å². The smallest absolute Gasteiger partial charge is 0.408 e. The maximum Gasteiger partial charge on any atom is 0.408 e. The number of oxazole rings is 1. The number of hydrogen-bond donors (Lipinski definition) is 2. The Morgan fingerprint density at radius 3 is 2.56 bits per heavy atom. The van der Waals surface area contributed by atoms with Crippen LogP contribution < -0.4 is 10.6 Å². The maximum absolute atomic E-state index is 14.0. The molecule has 0 spiro atoms. The van der Waals surface area contributed by atoms with E-state index in [9.17, 15) is 31.5 Å². The molecule has 2 fully saturated rings. The number of hydrogen-bond acceptors (Lipinski definition) is 9. The Morgan fingerprint density at radius 2 is 1.93 bits per heavy atom. The van der Waals surface area contributed by atoms with Crippen LogP contribution in [0.25, 0.3) is 5.65 Å². The molecule has 240 valence electrons. The second-order valence-electron chi connectivity index (χ2n) is 11.9. The Kier molecular flexibility index (Phi) is 7.59. The zero-order valence-corrected chi connectivity index (χ0v) is 24.2. The highest BCUT2D eigenvalue weighted by Gasteiger charge is 2.55. The normalized spacial score (nSPS) is 22.9. The molecule has 4 aromatic heterocycles. The summed E-state index contributed by atoms with van der Waals surface area (Å²) in [6.07, 6.45) is -1.45. The molecule has 2 amide bonds. The monoisotopic (exact) mass is 636 g/mol. The first kappa shape index (κ1) is 30.6. The molecule has 4 aromatic rings. The predicted octanol–water partition coefficient (Wildman–Crippen LogP) is 4.24. The van der Waals surface area contributed by atoms with Gasteiger partial charge >= 0.3 is 6.18 Å². The third-order valence-corrected chi connectivity index (χ3v) is 8.60. The molecular weight excluding hydrogens is 607 g/mol. The van der Waals surface area contributed by atoms with E-state index in [0.717, 1.165) is 0 Å². The number of aromatic nitrogens is 6. The third-order valence-electron chi connectivity index (χ3n) is 8.60. The van der Waals surface area contributed by atoms with Crippen LogP contribution in [0.15, 0.2) is 33.7 Å². The summed E-state index contributed by atoms with van der Waals surface area (Å²) < 4.78 is 80.6. The van der Waals surface area contributed by atoms with Crippen LogP contribution in [0.1, 0.15) is 77.2 Å². The van der Waals surface area contributed by atoms with Crippen molar-refractivity contribution in [1.29, 1.82) is 0 Å². The van der Waals surface area contributed by atoms with E-state index in [1.807, 2.05) is 0 Å². The first-order chi connectivity index (χ1) is 21.2. The van der Waals surface area contributed by atoms with Gasteiger partial charge in [0.2, 0.25) is 11.8 Å². The number of rotatable bonds is 8. The van der Waals surface area contributed by atoms with E-state index < -0.39 is 47.8 Å². The zero-order chi connectivity index (χ0) is 32.1. The van der Waals surface area contributed by atoms with Gasteiger partial charge in [-0.15, -0.1) is 0 Å². The molecule has 17 heteroatoms. The van der Waals surface area contributed by atoms with E-state index in [-0.39, 0.29) is 61.6 Å². The number of nitrogens with one attached hydrogen (secondary N) is 2. The number of aryl methyl sites for hydroxylation is 2. The van der Waals surface area contributed by atoms with E-state index in [0.29, 0.717) is 22.8 Å². The van der Waals surface area contributed by atoms with E-state index >= 15 is 0 Å². The van der Waals surface area contributed by atoms with Gasteiger partial charge in [0.05, 0.1) is 35.7 Å². The predicted molar refractivity (Wildman–Crippen MR) is 143 cm³/mol. The van der Waals surface area contributed by atoms with Crippen LogP contribution in [0.3, 0.4) is 0 Å². The molecule has 2 N–H and O–H groups in total. The maximum atomic E-state index is 14.0. The van der Waals surface area contributed by atoms with Crippen molar-refractivity contribution in [3.63, 3.8) is 0 Å². The average Bonchev–Trinajstić information content (AvgIpc) is 3.75. The SMILES string of the molecule is Cc1ncc(C[C@]2(Cc3cnn4cc([C@@H](NC(=O)c5nonc5C)C5CCC(F)(F)CC5)nc4c3)C[C@@H](C(F)(F)F)NC2=O)o1. The molecule has 0 radical (unpaired) electrons. The van der Waals surface area contributed by atoms with Gasteiger partial charge in [0.25, 0.3) is 5.91 Å². The van der Waals surface area contributed by atoms with Crippen molar-refractivity contribution in [3.8, 4) is 0 Å². The Bertz CT molecular complexity index is 1720. The van der Waals surface area contributed by atoms with E-state index in [4.69, 9.17) is 4.42 Å². The first-order valence-electron chi connectivity index (χ1n) is 14.3. The van der Waals surface area contributed by atoms with Gasteiger partial charge in [0.1, 0.15) is 17.5 Å². The van der Waals surface area contributed by atoms with Crippen molar-refractivity contribution in [2.75, 3.05) is 0 Å². The summed E-state index contributed by atoms with van der Waals surface area (Å²) in [4.78, 5) is 34.8. The standard InChI is InChI=1S/C28H29F5N8O4/c1-14-22(40-45-39-14)24(42)38-23(17-3-5-27(29,30)6-4-17)19-13-41-21(36-19)7-16(11-35-41)8-26(9-18-12-34-15(2)44-18)10-20(28(31,32)33)37-25(26)43/h7,11-13,17,20,23H,3-6,8-10H2,1-2H3,(H,37,43)(H,38,42)/t20-,23-,26+/m0/s1. The minimum absolute atomic E-state index is 0.0513. The number of carbonyl (C=O) groups is 2. The molecule has 3 atom stereocenters. The van der Waals surface area contributed by atoms with Gasteiger partial charge in [0, 0.05) is 26.2 Å². The fraction of sp³-hybridized carbons (Fsp3) is 0.536. The van der Waals surface area contributed by atoms with Gasteiger partial charge in [-0.3, -0.25) is 9.59 Å². The Balaban J connectivity index is 1.31. The zero-order valence-electron chi connectivity index (χ0n) is 24.2. The van der Waals surface area contributed by atoms with E-state index in [2.05, 4.69) is 40.6 Å². The summed E-state index contributed by atoms with van der Waals surface area (Å²) in [6.45, 7) is 3.13. The molecule has 0 unspecified atom stereocenters. The highest BCUT2D eigenvalue weighted by molar-refractivity contribution is 5.93. The fourth-order valence-electron chi connectivity index (χ4n) is 6.28. The second kappa shape index (κ2) is 11.2. The fourth-order valence-corrected chi connectivity index (χ4v) is 6.28. The Morgan fingerprint density at radius 1 is 1.18 bits per heavy atom. The largest absolute Gasteiger partial charge is 0.446 e. The van der Waals surface area contributed by atoms with Gasteiger partial charge in [-0.1, -0.05) is 5.16 Å². The van der Waals surface area contributed by atoms with Crippen LogP contribution in [-0.4, -0.2) is 59.9 Å². The van der Waals surface area contributed by atoms with Crippen LogP contribution in [0.5, 0.6) is 0 Å². The summed E-state index contributed by atoms with van der Waals surface area (Å²) in [5.74, 6) is -3.97. The van der Waals surface area contributed by atoms with Crippen molar-refractivity contribution in [2.24, 2.45) is 11.3 Å². The van der Waals surface area contributed by atoms with Gasteiger partial charge < -0.3 is 15.1 Å². The van der Waals surface area contributed by atoms with Crippen LogP contribution in [0, 0.1) is 25.2 Å². The average molecular weight is 637 g/mol. The highest BCUT2D eigenvalue weighted by Crippen LogP contribution is 2.43. The lowest BCUT2D eigenvalue weighted by Crippen LogP contribution is -2.39. The molecule has 1 saturated heterocycles. The molecule has 12 nitrogen and oxygen atoms in total. The van der Waals surface area contributed by atoms with Gasteiger partial charge in [-0.05, 0) is 55.3 Å². The van der Waals surface area contributed by atoms with Crippen LogP contribution in [0.4, 0.5) is 22.0 Å². The molecule has 0 bridgehead atoms. The van der Waals surface area contributed by atoms with Crippen LogP contribution in [-0.2, 0) is 17.6 Å². The van der Waals surface area contributed by atoms with E-state index in [1.165, 1.54) is 23.8 Å². The minimum Gasteiger partial charge on any atom is -0.446 e. The van der Waals surface area contributed by atoms with Gasteiger partial charge in [0.15, 0.2) is 17.2 Å². The lowest BCUT2D eigenvalue weighted by molar-refractivity contribution is -0.155. The number of halogens is 5. The van der Waals surface area contributed by atoms with Crippen molar-refractivity contribution in [1.82, 2.24) is 40.5 Å². The molecule has 1 aliphatic carbocycles. The van der Waals surface area contributed by atoms with Crippen molar-refractivity contribution < 1.29 is 40.6 Å². The number of amides is 2. The lowest BCUT2D eigenvalue weighted by Gasteiger charge is -2.33. The summed E-state index contributed by atoms with van der Waals surface area (Å²) in [5, 5.41) is 16.5. The van der Waals surface area contributed by atoms with E-state index in [1.54, 1.807) is 19.2 Å². The van der Waals surface area contributed by atoms with Crippen LogP contribution >= 0.6 is 0 Å². The molecule has 2 aliphatic rings. The van der Waals surface area contributed by atoms with Crippen molar-refractivity contribution in [2.45, 2.75) is 83.0 Å². The summed E-state index contributed by atoms with van der Waals surface area (Å²) in [6, 6.07) is -1.22. The van der Waals surface area contributed by atoms with Crippen LogP contribution in [0.2, 0.25) is 0 Å². The highest BCUT2D eigenvalue weighted by atomic mass is 19.4. The first-order valence-corrected chi connectivity index (χ1v) is 14.3. The topological polar surface area (TPSA) is 153 Å². The van der Waals surface area contributed by atoms with Crippen molar-refractivity contribution >= 4 is 17.5 Å². The summed E-state index contributed by atoms with van der Waals surface area (Å²) in [7, 11) is 0. The second-order valence-corrected chi connectivity index (χ2v) is 11.9. The molecule has 45 heavy (non-hydrogen) atoms. The number of alkyl halides is 5. The minimum atomic E-state index is -4.64.